The van der Waals surface area contributed by atoms with Crippen molar-refractivity contribution in [2.24, 2.45) is 0 Å². The van der Waals surface area contributed by atoms with Gasteiger partial charge in [0.05, 0.1) is 11.8 Å². The van der Waals surface area contributed by atoms with Gasteiger partial charge in [0.15, 0.2) is 0 Å². The van der Waals surface area contributed by atoms with Crippen LogP contribution in [0.25, 0.3) is 5.69 Å². The van der Waals surface area contributed by atoms with E-state index < -0.39 is 17.2 Å². The third kappa shape index (κ3) is 3.96. The summed E-state index contributed by atoms with van der Waals surface area (Å²) in [5.74, 6) is -0.635. The quantitative estimate of drug-likeness (QED) is 0.827. The highest BCUT2D eigenvalue weighted by atomic mass is 35.5. The molecule has 1 atom stereocenters. The summed E-state index contributed by atoms with van der Waals surface area (Å²) in [6, 6.07) is 4.97. The Morgan fingerprint density at radius 2 is 2.19 bits per heavy atom. The number of benzene rings is 1. The maximum atomic E-state index is 12.6. The molecule has 1 amide bonds. The van der Waals surface area contributed by atoms with Crippen LogP contribution in [-0.2, 0) is 11.3 Å². The zero-order chi connectivity index (χ0) is 19.6. The summed E-state index contributed by atoms with van der Waals surface area (Å²) in [5.41, 5.74) is -0.469. The largest absolute Gasteiger partial charge is 0.376 e. The fraction of sp³-hybridized carbons (Fsp3) is 0.444. The lowest BCUT2D eigenvalue weighted by Crippen LogP contribution is -2.46. The first-order valence-corrected chi connectivity index (χ1v) is 9.20. The molecular formula is C18H21ClN4O4. The van der Waals surface area contributed by atoms with Crippen molar-refractivity contribution in [1.82, 2.24) is 19.7 Å². The van der Waals surface area contributed by atoms with E-state index in [0.717, 1.165) is 27.7 Å². The third-order valence-electron chi connectivity index (χ3n) is 4.51. The molecular weight excluding hydrogens is 372 g/mol. The second kappa shape index (κ2) is 8.06. The molecule has 27 heavy (non-hydrogen) atoms. The molecule has 144 valence electrons. The first-order valence-electron chi connectivity index (χ1n) is 8.83. The van der Waals surface area contributed by atoms with E-state index in [0.29, 0.717) is 23.9 Å². The van der Waals surface area contributed by atoms with Gasteiger partial charge in [0, 0.05) is 24.7 Å². The molecule has 0 spiro atoms. The number of aryl methyl sites for hydroxylation is 1. The van der Waals surface area contributed by atoms with Crippen molar-refractivity contribution in [1.29, 1.82) is 0 Å². The zero-order valence-electron chi connectivity index (χ0n) is 15.2. The van der Waals surface area contributed by atoms with Crippen LogP contribution in [0.5, 0.6) is 0 Å². The zero-order valence-corrected chi connectivity index (χ0v) is 16.0. The Morgan fingerprint density at radius 1 is 1.41 bits per heavy atom. The first-order chi connectivity index (χ1) is 12.9. The Balaban J connectivity index is 2.00. The minimum atomic E-state index is -0.721. The number of carbonyl (C=O) groups excluding carboxylic acids is 1. The second-order valence-corrected chi connectivity index (χ2v) is 6.78. The van der Waals surface area contributed by atoms with E-state index in [-0.39, 0.29) is 18.3 Å². The molecule has 0 bridgehead atoms. The fourth-order valence-electron chi connectivity index (χ4n) is 2.91. The SMILES string of the molecule is CCn1c(=O)c(C(=O)NCC2CCCO2)nn(-c2ccc(C)c(Cl)c2)c1=O. The van der Waals surface area contributed by atoms with Crippen molar-refractivity contribution >= 4 is 17.5 Å². The van der Waals surface area contributed by atoms with Gasteiger partial charge in [0.1, 0.15) is 0 Å². The predicted molar refractivity (Wildman–Crippen MR) is 101 cm³/mol. The Labute approximate surface area is 160 Å². The average molecular weight is 393 g/mol. The number of carbonyl (C=O) groups is 1. The standard InChI is InChI=1S/C18H21ClN4O4/c1-3-22-17(25)15(16(24)20-10-13-5-4-8-27-13)21-23(18(22)26)12-7-6-11(2)14(19)9-12/h6-7,9,13H,3-5,8,10H2,1-2H3,(H,20,24). The molecule has 8 nitrogen and oxygen atoms in total. The molecule has 9 heteroatoms. The van der Waals surface area contributed by atoms with Gasteiger partial charge < -0.3 is 10.1 Å². The van der Waals surface area contributed by atoms with E-state index in [1.54, 1.807) is 25.1 Å². The van der Waals surface area contributed by atoms with Crippen molar-refractivity contribution in [2.45, 2.75) is 39.3 Å². The number of hydrogen-bond donors (Lipinski definition) is 1. The predicted octanol–water partition coefficient (Wildman–Crippen LogP) is 1.28. The smallest absolute Gasteiger partial charge is 0.352 e. The minimum absolute atomic E-state index is 0.0656. The summed E-state index contributed by atoms with van der Waals surface area (Å²) < 4.78 is 7.46. The number of nitrogens with one attached hydrogen (secondary N) is 1. The molecule has 2 heterocycles. The lowest BCUT2D eigenvalue weighted by atomic mass is 10.2. The number of ether oxygens (including phenoxy) is 1. The van der Waals surface area contributed by atoms with Crippen molar-refractivity contribution in [2.75, 3.05) is 13.2 Å². The first kappa shape index (κ1) is 19.3. The third-order valence-corrected chi connectivity index (χ3v) is 4.91. The van der Waals surface area contributed by atoms with Gasteiger partial charge in [-0.15, -0.1) is 0 Å². The molecule has 1 aromatic carbocycles. The van der Waals surface area contributed by atoms with Crippen molar-refractivity contribution < 1.29 is 9.53 Å². The molecule has 3 rings (SSSR count). The summed E-state index contributed by atoms with van der Waals surface area (Å²) in [4.78, 5) is 37.7. The number of hydrogen-bond acceptors (Lipinski definition) is 5. The summed E-state index contributed by atoms with van der Waals surface area (Å²) in [6.07, 6.45) is 1.73. The molecule has 2 aromatic rings. The van der Waals surface area contributed by atoms with Gasteiger partial charge in [-0.05, 0) is 44.4 Å². The van der Waals surface area contributed by atoms with Crippen molar-refractivity contribution in [3.05, 3.63) is 55.3 Å². The normalized spacial score (nSPS) is 16.5. The Hall–Kier alpha value is -2.45. The molecule has 1 saturated heterocycles. The van der Waals surface area contributed by atoms with Gasteiger partial charge >= 0.3 is 5.69 Å². The number of halogens is 1. The van der Waals surface area contributed by atoms with Crippen LogP contribution in [0, 0.1) is 6.92 Å². The molecule has 0 radical (unpaired) electrons. The summed E-state index contributed by atoms with van der Waals surface area (Å²) in [5, 5.41) is 7.15. The van der Waals surface area contributed by atoms with Crippen LogP contribution in [0.15, 0.2) is 27.8 Å². The van der Waals surface area contributed by atoms with Gasteiger partial charge in [-0.3, -0.25) is 14.2 Å². The lowest BCUT2D eigenvalue weighted by molar-refractivity contribution is 0.0849. The maximum Gasteiger partial charge on any atom is 0.352 e. The van der Waals surface area contributed by atoms with Crippen LogP contribution in [0.1, 0.15) is 35.8 Å². The van der Waals surface area contributed by atoms with E-state index in [4.69, 9.17) is 16.3 Å². The maximum absolute atomic E-state index is 12.6. The van der Waals surface area contributed by atoms with E-state index >= 15 is 0 Å². The molecule has 1 aromatic heterocycles. The Morgan fingerprint density at radius 3 is 2.81 bits per heavy atom. The van der Waals surface area contributed by atoms with Crippen LogP contribution in [0.4, 0.5) is 0 Å². The molecule has 1 N–H and O–H groups in total. The molecule has 0 aliphatic carbocycles. The van der Waals surface area contributed by atoms with Crippen LogP contribution < -0.4 is 16.6 Å². The van der Waals surface area contributed by atoms with Crippen molar-refractivity contribution in [3.8, 4) is 5.69 Å². The van der Waals surface area contributed by atoms with Crippen LogP contribution in [-0.4, -0.2) is 39.5 Å². The summed E-state index contributed by atoms with van der Waals surface area (Å²) >= 11 is 6.14. The van der Waals surface area contributed by atoms with E-state index in [2.05, 4.69) is 10.4 Å². The van der Waals surface area contributed by atoms with Crippen LogP contribution in [0.3, 0.4) is 0 Å². The summed E-state index contributed by atoms with van der Waals surface area (Å²) in [6.45, 7) is 4.57. The van der Waals surface area contributed by atoms with Gasteiger partial charge in [0.2, 0.25) is 5.69 Å². The number of nitrogens with zero attached hydrogens (tertiary/aromatic N) is 3. The second-order valence-electron chi connectivity index (χ2n) is 6.37. The highest BCUT2D eigenvalue weighted by Crippen LogP contribution is 2.18. The highest BCUT2D eigenvalue weighted by molar-refractivity contribution is 6.31. The monoisotopic (exact) mass is 392 g/mol. The number of amides is 1. The summed E-state index contributed by atoms with van der Waals surface area (Å²) in [7, 11) is 0. The van der Waals surface area contributed by atoms with Gasteiger partial charge in [-0.25, -0.2) is 4.79 Å². The Bertz CT molecular complexity index is 976. The number of aromatic nitrogens is 3. The Kier molecular flexibility index (Phi) is 5.76. The molecule has 1 unspecified atom stereocenters. The molecule has 1 fully saturated rings. The number of rotatable bonds is 5. The minimum Gasteiger partial charge on any atom is -0.376 e. The topological polar surface area (TPSA) is 95.2 Å². The van der Waals surface area contributed by atoms with Crippen LogP contribution >= 0.6 is 11.6 Å². The van der Waals surface area contributed by atoms with Gasteiger partial charge in [0.25, 0.3) is 11.5 Å². The van der Waals surface area contributed by atoms with Crippen LogP contribution in [0.2, 0.25) is 5.02 Å². The van der Waals surface area contributed by atoms with E-state index in [9.17, 15) is 14.4 Å². The fourth-order valence-corrected chi connectivity index (χ4v) is 3.09. The van der Waals surface area contributed by atoms with Gasteiger partial charge in [-0.2, -0.15) is 9.78 Å². The van der Waals surface area contributed by atoms with Gasteiger partial charge in [-0.1, -0.05) is 17.7 Å². The van der Waals surface area contributed by atoms with E-state index in [1.807, 2.05) is 6.92 Å². The lowest BCUT2D eigenvalue weighted by Gasteiger charge is -2.13. The molecule has 0 saturated carbocycles. The van der Waals surface area contributed by atoms with Crippen molar-refractivity contribution in [3.63, 3.8) is 0 Å². The average Bonchev–Trinajstić information content (AvgIpc) is 3.16. The van der Waals surface area contributed by atoms with E-state index in [1.165, 1.54) is 0 Å². The molecule has 1 aliphatic heterocycles. The highest BCUT2D eigenvalue weighted by Gasteiger charge is 2.22. The molecule has 1 aliphatic rings.